The van der Waals surface area contributed by atoms with E-state index in [1.165, 1.54) is 12.1 Å². The van der Waals surface area contributed by atoms with Gasteiger partial charge in [-0.2, -0.15) is 0 Å². The van der Waals surface area contributed by atoms with E-state index >= 15 is 0 Å². The van der Waals surface area contributed by atoms with Crippen LogP contribution in [0.25, 0.3) is 16.7 Å². The van der Waals surface area contributed by atoms with Crippen LogP contribution in [0.5, 0.6) is 0 Å². The van der Waals surface area contributed by atoms with Crippen molar-refractivity contribution in [3.05, 3.63) is 69.5 Å². The van der Waals surface area contributed by atoms with Gasteiger partial charge in [0.2, 0.25) is 0 Å². The standard InChI is InChI=1S/C17H16FN3O/c1-3-4-14(13-6-5-12(18)7-10(13)2)11-8-15-16(19-9-11)21-17(22)20-15/h4-9H,3H2,1-2H3,(H2,19,20,21,22)/b14-4-. The Labute approximate surface area is 126 Å². The fourth-order valence-electron chi connectivity index (χ4n) is 2.58. The average molecular weight is 297 g/mol. The quantitative estimate of drug-likeness (QED) is 0.776. The van der Waals surface area contributed by atoms with E-state index in [9.17, 15) is 9.18 Å². The first-order valence-electron chi connectivity index (χ1n) is 7.13. The molecule has 0 amide bonds. The molecule has 112 valence electrons. The summed E-state index contributed by atoms with van der Waals surface area (Å²) in [5.41, 5.74) is 4.60. The van der Waals surface area contributed by atoms with E-state index in [4.69, 9.17) is 0 Å². The van der Waals surface area contributed by atoms with Gasteiger partial charge in [0.15, 0.2) is 5.65 Å². The highest BCUT2D eigenvalue weighted by Crippen LogP contribution is 2.27. The monoisotopic (exact) mass is 297 g/mol. The Kier molecular flexibility index (Phi) is 3.63. The number of H-pyrrole nitrogens is 2. The highest BCUT2D eigenvalue weighted by atomic mass is 19.1. The molecule has 1 aromatic carbocycles. The number of fused-ring (bicyclic) bond motifs is 1. The summed E-state index contributed by atoms with van der Waals surface area (Å²) >= 11 is 0. The van der Waals surface area contributed by atoms with Crippen LogP contribution in [0.15, 0.2) is 41.3 Å². The highest BCUT2D eigenvalue weighted by molar-refractivity contribution is 5.85. The number of halogens is 1. The van der Waals surface area contributed by atoms with Crippen molar-refractivity contribution in [1.82, 2.24) is 15.0 Å². The molecule has 0 aliphatic rings. The molecule has 0 bridgehead atoms. The Morgan fingerprint density at radius 2 is 2.14 bits per heavy atom. The lowest BCUT2D eigenvalue weighted by Gasteiger charge is -2.11. The second-order valence-corrected chi connectivity index (χ2v) is 5.18. The fraction of sp³-hybridized carbons (Fsp3) is 0.176. The number of imidazole rings is 1. The van der Waals surface area contributed by atoms with Gasteiger partial charge < -0.3 is 4.98 Å². The molecule has 22 heavy (non-hydrogen) atoms. The molecule has 0 spiro atoms. The Balaban J connectivity index is 2.17. The normalized spacial score (nSPS) is 12.0. The van der Waals surface area contributed by atoms with Crippen LogP contribution in [0.4, 0.5) is 4.39 Å². The summed E-state index contributed by atoms with van der Waals surface area (Å²) in [6, 6.07) is 6.62. The topological polar surface area (TPSA) is 61.5 Å². The van der Waals surface area contributed by atoms with Gasteiger partial charge in [-0.3, -0.25) is 4.98 Å². The lowest BCUT2D eigenvalue weighted by Crippen LogP contribution is -1.99. The van der Waals surface area contributed by atoms with Crippen molar-refractivity contribution < 1.29 is 4.39 Å². The molecule has 0 saturated heterocycles. The Hall–Kier alpha value is -2.69. The lowest BCUT2D eigenvalue weighted by molar-refractivity contribution is 0.626. The number of pyridine rings is 1. The van der Waals surface area contributed by atoms with Gasteiger partial charge in [0.25, 0.3) is 0 Å². The minimum absolute atomic E-state index is 0.249. The van der Waals surface area contributed by atoms with E-state index < -0.39 is 0 Å². The third kappa shape index (κ3) is 2.57. The van der Waals surface area contributed by atoms with E-state index in [1.54, 1.807) is 12.3 Å². The van der Waals surface area contributed by atoms with Gasteiger partial charge in [0.1, 0.15) is 5.82 Å². The molecule has 3 aromatic rings. The van der Waals surface area contributed by atoms with E-state index in [1.807, 2.05) is 19.9 Å². The van der Waals surface area contributed by atoms with Gasteiger partial charge in [-0.15, -0.1) is 0 Å². The van der Waals surface area contributed by atoms with Crippen molar-refractivity contribution in [2.24, 2.45) is 0 Å². The number of rotatable bonds is 3. The number of nitrogens with one attached hydrogen (secondary N) is 2. The maximum atomic E-state index is 13.3. The summed E-state index contributed by atoms with van der Waals surface area (Å²) in [5.74, 6) is -0.249. The number of benzene rings is 1. The Morgan fingerprint density at radius 1 is 1.32 bits per heavy atom. The van der Waals surface area contributed by atoms with Gasteiger partial charge in [0.05, 0.1) is 5.52 Å². The van der Waals surface area contributed by atoms with E-state index in [2.05, 4.69) is 21.0 Å². The van der Waals surface area contributed by atoms with Crippen LogP contribution in [0.1, 0.15) is 30.0 Å². The average Bonchev–Trinajstić information content (AvgIpc) is 2.84. The van der Waals surface area contributed by atoms with Crippen molar-refractivity contribution in [3.63, 3.8) is 0 Å². The van der Waals surface area contributed by atoms with Crippen LogP contribution in [0.3, 0.4) is 0 Å². The maximum absolute atomic E-state index is 13.3. The van der Waals surface area contributed by atoms with Crippen molar-refractivity contribution in [1.29, 1.82) is 0 Å². The zero-order valence-corrected chi connectivity index (χ0v) is 12.4. The highest BCUT2D eigenvalue weighted by Gasteiger charge is 2.10. The van der Waals surface area contributed by atoms with Crippen LogP contribution >= 0.6 is 0 Å². The largest absolute Gasteiger partial charge is 0.325 e. The zero-order valence-electron chi connectivity index (χ0n) is 12.4. The van der Waals surface area contributed by atoms with Crippen LogP contribution in [0, 0.1) is 12.7 Å². The van der Waals surface area contributed by atoms with Crippen molar-refractivity contribution in [3.8, 4) is 0 Å². The summed E-state index contributed by atoms with van der Waals surface area (Å²) in [4.78, 5) is 21.0. The minimum atomic E-state index is -0.279. The minimum Gasteiger partial charge on any atom is -0.304 e. The van der Waals surface area contributed by atoms with Crippen LogP contribution in [-0.4, -0.2) is 15.0 Å². The molecule has 2 N–H and O–H groups in total. The predicted octanol–water partition coefficient (Wildman–Crippen LogP) is 3.54. The molecule has 0 fully saturated rings. The maximum Gasteiger partial charge on any atom is 0.325 e. The van der Waals surface area contributed by atoms with E-state index in [-0.39, 0.29) is 11.5 Å². The molecule has 0 saturated carbocycles. The second-order valence-electron chi connectivity index (χ2n) is 5.18. The molecule has 3 rings (SSSR count). The van der Waals surface area contributed by atoms with Gasteiger partial charge in [-0.25, -0.2) is 14.2 Å². The number of aryl methyl sites for hydroxylation is 1. The molecule has 0 atom stereocenters. The Morgan fingerprint density at radius 3 is 2.86 bits per heavy atom. The first-order chi connectivity index (χ1) is 10.6. The SMILES string of the molecule is CC/C=C(/c1cnc2[nH]c(=O)[nH]c2c1)c1ccc(F)cc1C. The van der Waals surface area contributed by atoms with E-state index in [0.717, 1.165) is 28.7 Å². The van der Waals surface area contributed by atoms with Crippen LogP contribution in [0.2, 0.25) is 0 Å². The number of aromatic nitrogens is 3. The summed E-state index contributed by atoms with van der Waals surface area (Å²) in [5, 5.41) is 0. The fourth-order valence-corrected chi connectivity index (χ4v) is 2.58. The molecule has 4 nitrogen and oxygen atoms in total. The summed E-state index contributed by atoms with van der Waals surface area (Å²) in [6.45, 7) is 3.93. The van der Waals surface area contributed by atoms with Crippen LogP contribution < -0.4 is 5.69 Å². The van der Waals surface area contributed by atoms with E-state index in [0.29, 0.717) is 11.2 Å². The first kappa shape index (κ1) is 14.3. The third-order valence-electron chi connectivity index (χ3n) is 3.57. The molecule has 0 unspecified atom stereocenters. The summed E-state index contributed by atoms with van der Waals surface area (Å²) in [7, 11) is 0. The Bertz CT molecular complexity index is 921. The molecule has 2 heterocycles. The van der Waals surface area contributed by atoms with Crippen molar-refractivity contribution in [2.75, 3.05) is 0 Å². The first-order valence-corrected chi connectivity index (χ1v) is 7.13. The van der Waals surface area contributed by atoms with Crippen molar-refractivity contribution >= 4 is 16.7 Å². The van der Waals surface area contributed by atoms with Gasteiger partial charge in [0, 0.05) is 11.8 Å². The molecular weight excluding hydrogens is 281 g/mol. The second kappa shape index (κ2) is 5.60. The summed E-state index contributed by atoms with van der Waals surface area (Å²) in [6.07, 6.45) is 4.64. The molecule has 0 aliphatic heterocycles. The number of allylic oxidation sites excluding steroid dienone is 1. The molecule has 5 heteroatoms. The lowest BCUT2D eigenvalue weighted by atomic mass is 9.94. The van der Waals surface area contributed by atoms with Gasteiger partial charge >= 0.3 is 5.69 Å². The number of aromatic amines is 2. The third-order valence-corrected chi connectivity index (χ3v) is 3.57. The molecule has 0 aliphatic carbocycles. The van der Waals surface area contributed by atoms with Gasteiger partial charge in [-0.05, 0) is 48.2 Å². The molecule has 2 aromatic heterocycles. The number of hydrogen-bond donors (Lipinski definition) is 2. The molecular formula is C17H16FN3O. The number of hydrogen-bond acceptors (Lipinski definition) is 2. The number of nitrogens with zero attached hydrogens (tertiary/aromatic N) is 1. The van der Waals surface area contributed by atoms with Gasteiger partial charge in [-0.1, -0.05) is 19.1 Å². The molecule has 0 radical (unpaired) electrons. The zero-order chi connectivity index (χ0) is 15.7. The summed E-state index contributed by atoms with van der Waals surface area (Å²) < 4.78 is 13.3. The van der Waals surface area contributed by atoms with Crippen LogP contribution in [-0.2, 0) is 0 Å². The predicted molar refractivity (Wildman–Crippen MR) is 85.2 cm³/mol. The smallest absolute Gasteiger partial charge is 0.304 e. The van der Waals surface area contributed by atoms with Crippen molar-refractivity contribution in [2.45, 2.75) is 20.3 Å².